The van der Waals surface area contributed by atoms with Crippen LogP contribution in [0.5, 0.6) is 0 Å². The number of carboxylic acid groups (broad SMARTS) is 1. The molecule has 0 aliphatic rings. The molecule has 0 amide bonds. The van der Waals surface area contributed by atoms with E-state index in [0.29, 0.717) is 6.42 Å². The maximum Gasteiger partial charge on any atom is 0.374 e. The molecule has 0 fully saturated rings. The third-order valence-electron chi connectivity index (χ3n) is 1.21. The standard InChI is InChI=1S/C7H10F2O2/c1-2-3-4-5-7(8,9)6(10)11/h2H,1,3-5H2,(H,10,11). The van der Waals surface area contributed by atoms with Crippen molar-refractivity contribution in [3.63, 3.8) is 0 Å². The van der Waals surface area contributed by atoms with Crippen LogP contribution in [0.1, 0.15) is 19.3 Å². The second kappa shape index (κ2) is 4.05. The van der Waals surface area contributed by atoms with Crippen molar-refractivity contribution < 1.29 is 18.7 Å². The van der Waals surface area contributed by atoms with Crippen molar-refractivity contribution >= 4 is 5.97 Å². The molecule has 1 N–H and O–H groups in total. The Morgan fingerprint density at radius 2 is 2.18 bits per heavy atom. The molecule has 2 nitrogen and oxygen atoms in total. The molecule has 0 saturated heterocycles. The molecular weight excluding hydrogens is 154 g/mol. The molecule has 0 aromatic carbocycles. The highest BCUT2D eigenvalue weighted by atomic mass is 19.3. The van der Waals surface area contributed by atoms with Gasteiger partial charge in [-0.3, -0.25) is 0 Å². The predicted molar refractivity (Wildman–Crippen MR) is 36.6 cm³/mol. The quantitative estimate of drug-likeness (QED) is 0.498. The van der Waals surface area contributed by atoms with Crippen LogP contribution in [-0.4, -0.2) is 17.0 Å². The van der Waals surface area contributed by atoms with Gasteiger partial charge in [-0.2, -0.15) is 8.78 Å². The van der Waals surface area contributed by atoms with E-state index in [1.165, 1.54) is 6.08 Å². The summed E-state index contributed by atoms with van der Waals surface area (Å²) < 4.78 is 24.5. The van der Waals surface area contributed by atoms with Crippen molar-refractivity contribution in [3.8, 4) is 0 Å². The van der Waals surface area contributed by atoms with E-state index in [4.69, 9.17) is 5.11 Å². The molecule has 0 radical (unpaired) electrons. The number of alkyl halides is 2. The minimum absolute atomic E-state index is 0.156. The van der Waals surface area contributed by atoms with Gasteiger partial charge in [0.15, 0.2) is 0 Å². The molecule has 0 heterocycles. The molecule has 0 saturated carbocycles. The average Bonchev–Trinajstić information content (AvgIpc) is 1.88. The fourth-order valence-corrected chi connectivity index (χ4v) is 0.575. The number of rotatable bonds is 5. The van der Waals surface area contributed by atoms with Crippen LogP contribution in [0.4, 0.5) is 8.78 Å². The Labute approximate surface area is 63.5 Å². The number of hydrogen-bond acceptors (Lipinski definition) is 1. The lowest BCUT2D eigenvalue weighted by atomic mass is 10.1. The Balaban J connectivity index is 3.72. The van der Waals surface area contributed by atoms with E-state index >= 15 is 0 Å². The van der Waals surface area contributed by atoms with Crippen LogP contribution in [0, 0.1) is 0 Å². The van der Waals surface area contributed by atoms with E-state index in [1.807, 2.05) is 0 Å². The minimum atomic E-state index is -3.58. The van der Waals surface area contributed by atoms with Crippen molar-refractivity contribution in [1.29, 1.82) is 0 Å². The van der Waals surface area contributed by atoms with Gasteiger partial charge in [-0.1, -0.05) is 6.08 Å². The first kappa shape index (κ1) is 10.1. The Morgan fingerprint density at radius 1 is 1.64 bits per heavy atom. The van der Waals surface area contributed by atoms with Crippen LogP contribution >= 0.6 is 0 Å². The van der Waals surface area contributed by atoms with E-state index in [1.54, 1.807) is 0 Å². The summed E-state index contributed by atoms with van der Waals surface area (Å²) in [5.74, 6) is -5.63. The van der Waals surface area contributed by atoms with E-state index in [9.17, 15) is 13.6 Å². The maximum atomic E-state index is 12.2. The number of halogens is 2. The number of carboxylic acids is 1. The summed E-state index contributed by atoms with van der Waals surface area (Å²) in [5, 5.41) is 7.96. The molecule has 0 rings (SSSR count). The van der Waals surface area contributed by atoms with Gasteiger partial charge in [0, 0.05) is 6.42 Å². The Kier molecular flexibility index (Phi) is 3.71. The average molecular weight is 164 g/mol. The second-order valence-corrected chi connectivity index (χ2v) is 2.19. The second-order valence-electron chi connectivity index (χ2n) is 2.19. The van der Waals surface area contributed by atoms with Crippen molar-refractivity contribution in [2.75, 3.05) is 0 Å². The number of unbranched alkanes of at least 4 members (excludes halogenated alkanes) is 1. The zero-order chi connectivity index (χ0) is 8.91. The molecule has 4 heteroatoms. The van der Waals surface area contributed by atoms with E-state index in [0.717, 1.165) is 0 Å². The van der Waals surface area contributed by atoms with Crippen LogP contribution in [0.15, 0.2) is 12.7 Å². The third-order valence-corrected chi connectivity index (χ3v) is 1.21. The van der Waals surface area contributed by atoms with Crippen molar-refractivity contribution in [1.82, 2.24) is 0 Å². The zero-order valence-corrected chi connectivity index (χ0v) is 6.02. The van der Waals surface area contributed by atoms with Gasteiger partial charge in [0.25, 0.3) is 0 Å². The smallest absolute Gasteiger partial charge is 0.374 e. The normalized spacial score (nSPS) is 11.1. The van der Waals surface area contributed by atoms with Gasteiger partial charge in [0.05, 0.1) is 0 Å². The summed E-state index contributed by atoms with van der Waals surface area (Å²) in [5.41, 5.74) is 0. The van der Waals surface area contributed by atoms with Crippen LogP contribution in [-0.2, 0) is 4.79 Å². The van der Waals surface area contributed by atoms with E-state index in [2.05, 4.69) is 6.58 Å². The fourth-order valence-electron chi connectivity index (χ4n) is 0.575. The van der Waals surface area contributed by atoms with Gasteiger partial charge in [-0.25, -0.2) is 4.79 Å². The lowest BCUT2D eigenvalue weighted by molar-refractivity contribution is -0.165. The van der Waals surface area contributed by atoms with Crippen LogP contribution in [0.25, 0.3) is 0 Å². The lowest BCUT2D eigenvalue weighted by Crippen LogP contribution is -2.27. The number of hydrogen-bond donors (Lipinski definition) is 1. The molecule has 0 aromatic heterocycles. The molecule has 11 heavy (non-hydrogen) atoms. The third kappa shape index (κ3) is 3.70. The first-order valence-corrected chi connectivity index (χ1v) is 3.23. The lowest BCUT2D eigenvalue weighted by Gasteiger charge is -2.08. The van der Waals surface area contributed by atoms with Crippen LogP contribution in [0.2, 0.25) is 0 Å². The summed E-state index contributed by atoms with van der Waals surface area (Å²) in [6.07, 6.45) is 1.44. The molecule has 0 aliphatic heterocycles. The number of aliphatic carboxylic acids is 1. The largest absolute Gasteiger partial charge is 0.477 e. The van der Waals surface area contributed by atoms with Gasteiger partial charge >= 0.3 is 11.9 Å². The summed E-state index contributed by atoms with van der Waals surface area (Å²) in [7, 11) is 0. The van der Waals surface area contributed by atoms with Gasteiger partial charge in [-0.15, -0.1) is 6.58 Å². The van der Waals surface area contributed by atoms with Crippen LogP contribution < -0.4 is 0 Å². The van der Waals surface area contributed by atoms with Crippen LogP contribution in [0.3, 0.4) is 0 Å². The zero-order valence-electron chi connectivity index (χ0n) is 6.02. The monoisotopic (exact) mass is 164 g/mol. The molecule has 0 spiro atoms. The van der Waals surface area contributed by atoms with Crippen molar-refractivity contribution in [3.05, 3.63) is 12.7 Å². The number of carbonyl (C=O) groups is 1. The Bertz CT molecular complexity index is 155. The van der Waals surface area contributed by atoms with Crippen molar-refractivity contribution in [2.24, 2.45) is 0 Å². The van der Waals surface area contributed by atoms with Gasteiger partial charge in [0.2, 0.25) is 0 Å². The van der Waals surface area contributed by atoms with E-state index in [-0.39, 0.29) is 6.42 Å². The molecule has 0 atom stereocenters. The molecule has 0 bridgehead atoms. The highest BCUT2D eigenvalue weighted by Crippen LogP contribution is 2.21. The fraction of sp³-hybridized carbons (Fsp3) is 0.571. The Hall–Kier alpha value is -0.930. The van der Waals surface area contributed by atoms with Gasteiger partial charge in [0.1, 0.15) is 0 Å². The SMILES string of the molecule is C=CCCCC(F)(F)C(=O)O. The topological polar surface area (TPSA) is 37.3 Å². The molecule has 0 aromatic rings. The first-order chi connectivity index (χ1) is 5.00. The summed E-state index contributed by atoms with van der Waals surface area (Å²) in [6, 6.07) is 0. The molecule has 0 aliphatic carbocycles. The predicted octanol–water partition coefficient (Wildman–Crippen LogP) is 2.06. The van der Waals surface area contributed by atoms with E-state index < -0.39 is 18.3 Å². The minimum Gasteiger partial charge on any atom is -0.477 e. The molecular formula is C7H10F2O2. The number of allylic oxidation sites excluding steroid dienone is 1. The molecule has 0 unspecified atom stereocenters. The Morgan fingerprint density at radius 3 is 2.55 bits per heavy atom. The summed E-state index contributed by atoms with van der Waals surface area (Å²) in [6.45, 7) is 3.33. The highest BCUT2D eigenvalue weighted by molar-refractivity contribution is 5.75. The highest BCUT2D eigenvalue weighted by Gasteiger charge is 2.37. The summed E-state index contributed by atoms with van der Waals surface area (Å²) >= 11 is 0. The van der Waals surface area contributed by atoms with Gasteiger partial charge < -0.3 is 5.11 Å². The first-order valence-electron chi connectivity index (χ1n) is 3.23. The van der Waals surface area contributed by atoms with Crippen molar-refractivity contribution in [2.45, 2.75) is 25.2 Å². The molecule has 64 valence electrons. The maximum absolute atomic E-state index is 12.2. The van der Waals surface area contributed by atoms with Gasteiger partial charge in [-0.05, 0) is 12.8 Å². The summed E-state index contributed by atoms with van der Waals surface area (Å²) in [4.78, 5) is 9.84.